The highest BCUT2D eigenvalue weighted by Gasteiger charge is 2.30. The molecule has 0 saturated carbocycles. The molecule has 0 spiro atoms. The van der Waals surface area contributed by atoms with Gasteiger partial charge in [0.1, 0.15) is 23.1 Å². The molecular weight excluding hydrogens is 422 g/mol. The van der Waals surface area contributed by atoms with E-state index in [1.807, 2.05) is 11.9 Å². The van der Waals surface area contributed by atoms with E-state index in [2.05, 4.69) is 11.9 Å². The van der Waals surface area contributed by atoms with Crippen molar-refractivity contribution in [3.8, 4) is 5.75 Å². The summed E-state index contributed by atoms with van der Waals surface area (Å²) in [5, 5.41) is 3.18. The number of halogens is 1. The highest BCUT2D eigenvalue weighted by molar-refractivity contribution is 7.09. The Labute approximate surface area is 186 Å². The number of carbonyl (C=O) groups is 2. The van der Waals surface area contributed by atoms with E-state index in [1.165, 1.54) is 11.3 Å². The summed E-state index contributed by atoms with van der Waals surface area (Å²) in [4.78, 5) is 33.4. The largest absolute Gasteiger partial charge is 0.486 e. The quantitative estimate of drug-likeness (QED) is 0.595. The van der Waals surface area contributed by atoms with Gasteiger partial charge in [0.15, 0.2) is 0 Å². The van der Waals surface area contributed by atoms with Crippen molar-refractivity contribution in [2.45, 2.75) is 39.2 Å². The standard InChI is InChI=1S/C22H28ClN3O3S/c1-3-4-11-25(2)21(27)16-9-12-26(13-10-16)22(28)19-15-30-20(24-19)14-29-18-7-5-17(23)6-8-18/h5-8,15-16H,3-4,9-14H2,1-2H3. The van der Waals surface area contributed by atoms with Gasteiger partial charge in [-0.15, -0.1) is 11.3 Å². The molecule has 8 heteroatoms. The summed E-state index contributed by atoms with van der Waals surface area (Å²) in [6, 6.07) is 7.13. The summed E-state index contributed by atoms with van der Waals surface area (Å²) in [5.41, 5.74) is 0.444. The van der Waals surface area contributed by atoms with Crippen LogP contribution in [-0.4, -0.2) is 53.3 Å². The van der Waals surface area contributed by atoms with Gasteiger partial charge in [0.2, 0.25) is 5.91 Å². The van der Waals surface area contributed by atoms with Crippen molar-refractivity contribution in [2.24, 2.45) is 5.92 Å². The highest BCUT2D eigenvalue weighted by atomic mass is 35.5. The maximum absolute atomic E-state index is 12.8. The van der Waals surface area contributed by atoms with Crippen LogP contribution >= 0.6 is 22.9 Å². The lowest BCUT2D eigenvalue weighted by Crippen LogP contribution is -2.43. The number of amides is 2. The number of nitrogens with zero attached hydrogens (tertiary/aromatic N) is 3. The minimum atomic E-state index is -0.0748. The second-order valence-corrected chi connectivity index (χ2v) is 8.93. The minimum Gasteiger partial charge on any atom is -0.486 e. The summed E-state index contributed by atoms with van der Waals surface area (Å²) in [5.74, 6) is 0.841. The molecule has 162 valence electrons. The number of likely N-dealkylation sites (tertiary alicyclic amines) is 1. The molecule has 1 fully saturated rings. The number of thiazole rings is 1. The Hall–Kier alpha value is -2.12. The monoisotopic (exact) mass is 449 g/mol. The number of aromatic nitrogens is 1. The number of carbonyl (C=O) groups excluding carboxylic acids is 2. The second kappa shape index (κ2) is 10.8. The van der Waals surface area contributed by atoms with Gasteiger partial charge in [0, 0.05) is 43.0 Å². The Bertz CT molecular complexity index is 848. The molecule has 3 rings (SSSR count). The molecule has 2 heterocycles. The first-order valence-corrected chi connectivity index (χ1v) is 11.6. The van der Waals surface area contributed by atoms with Crippen molar-refractivity contribution in [1.29, 1.82) is 0 Å². The van der Waals surface area contributed by atoms with Gasteiger partial charge in [-0.2, -0.15) is 0 Å². The van der Waals surface area contributed by atoms with E-state index in [0.717, 1.165) is 24.4 Å². The van der Waals surface area contributed by atoms with Crippen molar-refractivity contribution in [1.82, 2.24) is 14.8 Å². The van der Waals surface area contributed by atoms with Crippen LogP contribution in [-0.2, 0) is 11.4 Å². The van der Waals surface area contributed by atoms with Crippen molar-refractivity contribution in [3.63, 3.8) is 0 Å². The predicted octanol–water partition coefficient (Wildman–Crippen LogP) is 4.49. The van der Waals surface area contributed by atoms with Crippen LogP contribution in [0.15, 0.2) is 29.6 Å². The Morgan fingerprint density at radius 2 is 1.97 bits per heavy atom. The third-order valence-corrected chi connectivity index (χ3v) is 6.38. The molecule has 1 aromatic heterocycles. The van der Waals surface area contributed by atoms with Gasteiger partial charge < -0.3 is 14.5 Å². The predicted molar refractivity (Wildman–Crippen MR) is 119 cm³/mol. The van der Waals surface area contributed by atoms with Gasteiger partial charge in [-0.05, 0) is 43.5 Å². The van der Waals surface area contributed by atoms with Crippen LogP contribution in [0.2, 0.25) is 5.02 Å². The zero-order chi connectivity index (χ0) is 21.5. The number of rotatable bonds is 8. The number of benzene rings is 1. The summed E-state index contributed by atoms with van der Waals surface area (Å²) in [7, 11) is 1.87. The molecule has 2 amide bonds. The van der Waals surface area contributed by atoms with Gasteiger partial charge in [0.25, 0.3) is 5.91 Å². The van der Waals surface area contributed by atoms with Crippen LogP contribution in [0, 0.1) is 5.92 Å². The molecule has 0 unspecified atom stereocenters. The van der Waals surface area contributed by atoms with E-state index < -0.39 is 0 Å². The Morgan fingerprint density at radius 1 is 1.27 bits per heavy atom. The zero-order valence-electron chi connectivity index (χ0n) is 17.5. The van der Waals surface area contributed by atoms with Gasteiger partial charge in [0.05, 0.1) is 0 Å². The van der Waals surface area contributed by atoms with Crippen molar-refractivity contribution in [2.75, 3.05) is 26.7 Å². The van der Waals surface area contributed by atoms with E-state index in [1.54, 1.807) is 34.5 Å². The minimum absolute atomic E-state index is 0.00896. The average molecular weight is 450 g/mol. The lowest BCUT2D eigenvalue weighted by molar-refractivity contribution is -0.135. The number of hydrogen-bond acceptors (Lipinski definition) is 5. The first-order chi connectivity index (χ1) is 14.5. The summed E-state index contributed by atoms with van der Waals surface area (Å²) in [6.07, 6.45) is 3.51. The fraction of sp³-hybridized carbons (Fsp3) is 0.500. The van der Waals surface area contributed by atoms with E-state index in [4.69, 9.17) is 16.3 Å². The molecular formula is C22H28ClN3O3S. The molecule has 0 aliphatic carbocycles. The first kappa shape index (κ1) is 22.6. The van der Waals surface area contributed by atoms with Crippen LogP contribution in [0.3, 0.4) is 0 Å². The normalized spacial score (nSPS) is 14.6. The van der Waals surface area contributed by atoms with Gasteiger partial charge in [-0.3, -0.25) is 9.59 Å². The smallest absolute Gasteiger partial charge is 0.273 e. The summed E-state index contributed by atoms with van der Waals surface area (Å²) in [6.45, 7) is 4.40. The fourth-order valence-corrected chi connectivity index (χ4v) is 4.27. The molecule has 2 aromatic rings. The van der Waals surface area contributed by atoms with Crippen LogP contribution in [0.5, 0.6) is 5.75 Å². The molecule has 0 radical (unpaired) electrons. The van der Waals surface area contributed by atoms with Crippen LogP contribution < -0.4 is 4.74 Å². The zero-order valence-corrected chi connectivity index (χ0v) is 19.0. The lowest BCUT2D eigenvalue weighted by atomic mass is 9.95. The third kappa shape index (κ3) is 5.95. The van der Waals surface area contributed by atoms with Crippen LogP contribution in [0.4, 0.5) is 0 Å². The lowest BCUT2D eigenvalue weighted by Gasteiger charge is -2.33. The summed E-state index contributed by atoms with van der Waals surface area (Å²) < 4.78 is 5.70. The highest BCUT2D eigenvalue weighted by Crippen LogP contribution is 2.23. The van der Waals surface area contributed by atoms with Crippen LogP contribution in [0.1, 0.15) is 48.1 Å². The van der Waals surface area contributed by atoms with E-state index in [-0.39, 0.29) is 17.7 Å². The summed E-state index contributed by atoms with van der Waals surface area (Å²) >= 11 is 7.28. The SMILES string of the molecule is CCCCN(C)C(=O)C1CCN(C(=O)c2csc(COc3ccc(Cl)cc3)n2)CC1. The molecule has 1 saturated heterocycles. The molecule has 30 heavy (non-hydrogen) atoms. The Morgan fingerprint density at radius 3 is 2.63 bits per heavy atom. The molecule has 1 aliphatic rings. The Kier molecular flexibility index (Phi) is 8.10. The molecule has 0 N–H and O–H groups in total. The first-order valence-electron chi connectivity index (χ1n) is 10.3. The van der Waals surface area contributed by atoms with Gasteiger partial charge >= 0.3 is 0 Å². The fourth-order valence-electron chi connectivity index (χ4n) is 3.46. The van der Waals surface area contributed by atoms with Crippen molar-refractivity contribution < 1.29 is 14.3 Å². The molecule has 6 nitrogen and oxygen atoms in total. The maximum Gasteiger partial charge on any atom is 0.273 e. The van der Waals surface area contributed by atoms with Gasteiger partial charge in [-0.1, -0.05) is 24.9 Å². The second-order valence-electron chi connectivity index (χ2n) is 7.55. The van der Waals surface area contributed by atoms with Crippen molar-refractivity contribution in [3.05, 3.63) is 45.4 Å². The maximum atomic E-state index is 12.8. The molecule has 0 atom stereocenters. The van der Waals surface area contributed by atoms with E-state index in [9.17, 15) is 9.59 Å². The van der Waals surface area contributed by atoms with E-state index >= 15 is 0 Å². The topological polar surface area (TPSA) is 62.7 Å². The van der Waals surface area contributed by atoms with Gasteiger partial charge in [-0.25, -0.2) is 4.98 Å². The van der Waals surface area contributed by atoms with Crippen molar-refractivity contribution >= 4 is 34.8 Å². The molecule has 0 bridgehead atoms. The third-order valence-electron chi connectivity index (χ3n) is 5.30. The number of hydrogen-bond donors (Lipinski definition) is 0. The number of piperidine rings is 1. The number of ether oxygens (including phenoxy) is 1. The van der Waals surface area contributed by atoms with E-state index in [0.29, 0.717) is 49.0 Å². The van der Waals surface area contributed by atoms with Crippen LogP contribution in [0.25, 0.3) is 0 Å². The molecule has 1 aliphatic heterocycles. The number of unbranched alkanes of at least 4 members (excludes halogenated alkanes) is 1. The average Bonchev–Trinajstić information content (AvgIpc) is 3.25. The Balaban J connectivity index is 1.48. The molecule has 1 aromatic carbocycles.